The number of benzene rings is 1. The predicted octanol–water partition coefficient (Wildman–Crippen LogP) is 2.08. The number of amides is 1. The van der Waals surface area contributed by atoms with E-state index in [-0.39, 0.29) is 29.9 Å². The van der Waals surface area contributed by atoms with Crippen molar-refractivity contribution in [2.24, 2.45) is 0 Å². The maximum Gasteiger partial charge on any atom is 0.258 e. The van der Waals surface area contributed by atoms with E-state index in [9.17, 15) is 14.0 Å². The highest BCUT2D eigenvalue weighted by Gasteiger charge is 2.17. The lowest BCUT2D eigenvalue weighted by molar-refractivity contribution is -0.123. The molecule has 0 radical (unpaired) electrons. The van der Waals surface area contributed by atoms with Crippen LogP contribution in [0.2, 0.25) is 0 Å². The zero-order chi connectivity index (χ0) is 13.7. The summed E-state index contributed by atoms with van der Waals surface area (Å²) in [6, 6.07) is 3.85. The van der Waals surface area contributed by atoms with Crippen LogP contribution in [0, 0.1) is 5.82 Å². The molecule has 0 saturated heterocycles. The summed E-state index contributed by atoms with van der Waals surface area (Å²) in [5.41, 5.74) is 0.105. The van der Waals surface area contributed by atoms with Crippen molar-refractivity contribution in [1.82, 2.24) is 5.32 Å². The van der Waals surface area contributed by atoms with Gasteiger partial charge in [0.25, 0.3) is 5.91 Å². The third-order valence-corrected chi connectivity index (χ3v) is 3.18. The predicted molar refractivity (Wildman–Crippen MR) is 67.7 cm³/mol. The van der Waals surface area contributed by atoms with Gasteiger partial charge in [0, 0.05) is 6.04 Å². The van der Waals surface area contributed by atoms with Crippen LogP contribution in [0.5, 0.6) is 5.75 Å². The van der Waals surface area contributed by atoms with Crippen LogP contribution in [-0.2, 0) is 4.79 Å². The second kappa shape index (κ2) is 6.31. The van der Waals surface area contributed by atoms with Gasteiger partial charge in [-0.1, -0.05) is 12.8 Å². The number of carbonyl (C=O) groups excluding carboxylic acids is 2. The Morgan fingerprint density at radius 2 is 2.16 bits per heavy atom. The van der Waals surface area contributed by atoms with E-state index < -0.39 is 5.82 Å². The Morgan fingerprint density at radius 3 is 2.84 bits per heavy atom. The molecule has 1 aliphatic carbocycles. The third kappa shape index (κ3) is 3.77. The largest absolute Gasteiger partial charge is 0.483 e. The van der Waals surface area contributed by atoms with Gasteiger partial charge < -0.3 is 10.1 Å². The van der Waals surface area contributed by atoms with Crippen LogP contribution in [0.4, 0.5) is 4.39 Å². The molecule has 102 valence electrons. The fraction of sp³-hybridized carbons (Fsp3) is 0.429. The number of rotatable bonds is 5. The lowest BCUT2D eigenvalue weighted by atomic mass is 10.2. The topological polar surface area (TPSA) is 55.4 Å². The summed E-state index contributed by atoms with van der Waals surface area (Å²) in [5, 5.41) is 2.87. The van der Waals surface area contributed by atoms with Gasteiger partial charge in [0.15, 0.2) is 12.9 Å². The maximum atomic E-state index is 12.9. The molecule has 1 fully saturated rings. The maximum absolute atomic E-state index is 12.9. The molecule has 0 heterocycles. The second-order valence-electron chi connectivity index (χ2n) is 4.64. The first-order valence-corrected chi connectivity index (χ1v) is 6.36. The molecule has 0 aromatic heterocycles. The summed E-state index contributed by atoms with van der Waals surface area (Å²) in [6.07, 6.45) is 4.79. The molecule has 0 aliphatic heterocycles. The first-order valence-electron chi connectivity index (χ1n) is 6.36. The van der Waals surface area contributed by atoms with Crippen LogP contribution in [0.1, 0.15) is 36.0 Å². The molecule has 1 aliphatic rings. The summed E-state index contributed by atoms with van der Waals surface area (Å²) in [4.78, 5) is 22.4. The third-order valence-electron chi connectivity index (χ3n) is 3.18. The molecule has 1 aromatic rings. The van der Waals surface area contributed by atoms with Crippen molar-refractivity contribution >= 4 is 12.2 Å². The molecule has 1 N–H and O–H groups in total. The fourth-order valence-corrected chi connectivity index (χ4v) is 2.23. The molecular weight excluding hydrogens is 249 g/mol. The summed E-state index contributed by atoms with van der Waals surface area (Å²) < 4.78 is 18.2. The van der Waals surface area contributed by atoms with Crippen molar-refractivity contribution < 1.29 is 18.7 Å². The van der Waals surface area contributed by atoms with Crippen molar-refractivity contribution in [2.75, 3.05) is 6.61 Å². The van der Waals surface area contributed by atoms with Gasteiger partial charge in [0.2, 0.25) is 0 Å². The van der Waals surface area contributed by atoms with E-state index in [4.69, 9.17) is 4.74 Å². The molecule has 0 spiro atoms. The Morgan fingerprint density at radius 1 is 1.42 bits per heavy atom. The summed E-state index contributed by atoms with van der Waals surface area (Å²) in [5.74, 6) is -0.504. The number of halogens is 1. The average molecular weight is 265 g/mol. The average Bonchev–Trinajstić information content (AvgIpc) is 2.90. The Hall–Kier alpha value is -1.91. The summed E-state index contributed by atoms with van der Waals surface area (Å²) in [7, 11) is 0. The highest BCUT2D eigenvalue weighted by molar-refractivity contribution is 5.81. The first kappa shape index (κ1) is 13.5. The smallest absolute Gasteiger partial charge is 0.258 e. The number of aldehydes is 1. The van der Waals surface area contributed by atoms with Gasteiger partial charge in [-0.25, -0.2) is 4.39 Å². The Kier molecular flexibility index (Phi) is 4.49. The highest BCUT2D eigenvalue weighted by Crippen LogP contribution is 2.19. The van der Waals surface area contributed by atoms with Crippen molar-refractivity contribution in [1.29, 1.82) is 0 Å². The Labute approximate surface area is 110 Å². The lowest BCUT2D eigenvalue weighted by Crippen LogP contribution is -2.36. The molecule has 1 saturated carbocycles. The number of hydrogen-bond donors (Lipinski definition) is 1. The van der Waals surface area contributed by atoms with Crippen molar-refractivity contribution in [3.8, 4) is 5.75 Å². The van der Waals surface area contributed by atoms with Crippen molar-refractivity contribution in [3.05, 3.63) is 29.6 Å². The molecule has 1 amide bonds. The van der Waals surface area contributed by atoms with E-state index in [1.807, 2.05) is 0 Å². The van der Waals surface area contributed by atoms with E-state index in [0.29, 0.717) is 6.29 Å². The van der Waals surface area contributed by atoms with Gasteiger partial charge in [-0.05, 0) is 31.0 Å². The Bertz CT molecular complexity index is 470. The lowest BCUT2D eigenvalue weighted by Gasteiger charge is -2.13. The summed E-state index contributed by atoms with van der Waals surface area (Å²) >= 11 is 0. The molecule has 1 aromatic carbocycles. The molecule has 2 rings (SSSR count). The normalized spacial score (nSPS) is 15.2. The Balaban J connectivity index is 1.87. The van der Waals surface area contributed by atoms with Crippen LogP contribution in [0.25, 0.3) is 0 Å². The van der Waals surface area contributed by atoms with Crippen LogP contribution in [-0.4, -0.2) is 24.8 Å². The minimum Gasteiger partial charge on any atom is -0.483 e. The van der Waals surface area contributed by atoms with Gasteiger partial charge in [0.05, 0.1) is 5.56 Å². The minimum absolute atomic E-state index is 0.105. The van der Waals surface area contributed by atoms with Gasteiger partial charge in [-0.15, -0.1) is 0 Å². The van der Waals surface area contributed by atoms with Gasteiger partial charge in [-0.3, -0.25) is 9.59 Å². The van der Waals surface area contributed by atoms with E-state index in [0.717, 1.165) is 31.7 Å². The zero-order valence-corrected chi connectivity index (χ0v) is 10.5. The quantitative estimate of drug-likeness (QED) is 0.829. The van der Waals surface area contributed by atoms with Gasteiger partial charge >= 0.3 is 0 Å². The van der Waals surface area contributed by atoms with Crippen LogP contribution in [0.15, 0.2) is 18.2 Å². The van der Waals surface area contributed by atoms with Crippen molar-refractivity contribution in [3.63, 3.8) is 0 Å². The molecule has 0 bridgehead atoms. The number of hydrogen-bond acceptors (Lipinski definition) is 3. The van der Waals surface area contributed by atoms with Gasteiger partial charge in [-0.2, -0.15) is 0 Å². The monoisotopic (exact) mass is 265 g/mol. The van der Waals surface area contributed by atoms with E-state index in [1.54, 1.807) is 0 Å². The van der Waals surface area contributed by atoms with Gasteiger partial charge in [0.1, 0.15) is 11.6 Å². The van der Waals surface area contributed by atoms with E-state index in [2.05, 4.69) is 5.32 Å². The SMILES string of the molecule is O=Cc1cc(F)ccc1OCC(=O)NC1CCCC1. The molecule has 0 unspecified atom stereocenters. The van der Waals surface area contributed by atoms with Crippen LogP contribution >= 0.6 is 0 Å². The molecule has 0 atom stereocenters. The van der Waals surface area contributed by atoms with Crippen molar-refractivity contribution in [2.45, 2.75) is 31.7 Å². The highest BCUT2D eigenvalue weighted by atomic mass is 19.1. The summed E-state index contributed by atoms with van der Waals surface area (Å²) in [6.45, 7) is -0.164. The fourth-order valence-electron chi connectivity index (χ4n) is 2.23. The second-order valence-corrected chi connectivity index (χ2v) is 4.64. The van der Waals surface area contributed by atoms with Crippen LogP contribution in [0.3, 0.4) is 0 Å². The number of ether oxygens (including phenoxy) is 1. The number of nitrogens with one attached hydrogen (secondary N) is 1. The minimum atomic E-state index is -0.509. The zero-order valence-electron chi connectivity index (χ0n) is 10.5. The molecule has 19 heavy (non-hydrogen) atoms. The number of carbonyl (C=O) groups is 2. The molecular formula is C14H16FNO3. The first-order chi connectivity index (χ1) is 9.19. The molecule has 4 nitrogen and oxygen atoms in total. The van der Waals surface area contributed by atoms with E-state index in [1.165, 1.54) is 12.1 Å². The molecule has 5 heteroatoms. The van der Waals surface area contributed by atoms with Crippen LogP contribution < -0.4 is 10.1 Å². The standard InChI is InChI=1S/C14H16FNO3/c15-11-5-6-13(10(7-11)8-17)19-9-14(18)16-12-3-1-2-4-12/h5-8,12H,1-4,9H2,(H,16,18). The van der Waals surface area contributed by atoms with E-state index >= 15 is 0 Å².